The van der Waals surface area contributed by atoms with Crippen LogP contribution >= 0.6 is 0 Å². The molecular formula is C33H40F3N9O2. The van der Waals surface area contributed by atoms with Crippen LogP contribution in [-0.4, -0.2) is 85.3 Å². The zero-order valence-corrected chi connectivity index (χ0v) is 26.8. The average molecular weight is 652 g/mol. The van der Waals surface area contributed by atoms with Gasteiger partial charge in [-0.3, -0.25) is 9.89 Å². The van der Waals surface area contributed by atoms with Crippen molar-refractivity contribution in [3.8, 4) is 22.7 Å². The molecule has 0 unspecified atom stereocenters. The molecule has 0 saturated carbocycles. The first-order valence-corrected chi connectivity index (χ1v) is 16.0. The summed E-state index contributed by atoms with van der Waals surface area (Å²) in [4.78, 5) is 23.9. The Morgan fingerprint density at radius 3 is 2.47 bits per heavy atom. The molecule has 5 heterocycles. The molecule has 2 aliphatic rings. The molecular weight excluding hydrogens is 611 g/mol. The number of pyridine rings is 1. The van der Waals surface area contributed by atoms with Crippen LogP contribution < -0.4 is 15.4 Å². The Morgan fingerprint density at radius 2 is 1.79 bits per heavy atom. The van der Waals surface area contributed by atoms with Gasteiger partial charge >= 0.3 is 6.18 Å². The number of piperidine rings is 2. The summed E-state index contributed by atoms with van der Waals surface area (Å²) >= 11 is 0. The first kappa shape index (κ1) is 32.6. The standard InChI is InChI=1S/C33H40F3N9O2/c1-21-16-22(23-5-7-29(38-17-23)47-26-10-14-44(15-11-26)25-8-12-37-13-9-25)4-6-27(21)45-20-24(18-40-45)30(46)39-19-28-41-31(43-42-28)32(2,3)33(34,35)36/h4-7,16-18,20,25-26,37H,8-15,19H2,1-3H3,(H,39,46)(H,41,42,43). The van der Waals surface area contributed by atoms with Crippen LogP contribution in [0.15, 0.2) is 48.9 Å². The summed E-state index contributed by atoms with van der Waals surface area (Å²) in [5, 5.41) is 16.6. The molecule has 4 aromatic rings. The number of carbonyl (C=O) groups is 1. The summed E-state index contributed by atoms with van der Waals surface area (Å²) in [6.07, 6.45) is 4.99. The molecule has 0 radical (unpaired) electrons. The third kappa shape index (κ3) is 7.33. The molecule has 2 fully saturated rings. The minimum Gasteiger partial charge on any atom is -0.474 e. The van der Waals surface area contributed by atoms with Crippen molar-refractivity contribution in [2.24, 2.45) is 0 Å². The minimum atomic E-state index is -4.51. The number of likely N-dealkylation sites (tertiary alicyclic amines) is 1. The summed E-state index contributed by atoms with van der Waals surface area (Å²) in [5.74, 6) is -0.0789. The van der Waals surface area contributed by atoms with E-state index in [1.54, 1.807) is 10.9 Å². The molecule has 2 saturated heterocycles. The Kier molecular flexibility index (Phi) is 9.33. The molecule has 1 aromatic carbocycles. The Bertz CT molecular complexity index is 1670. The molecule has 2 aliphatic heterocycles. The van der Waals surface area contributed by atoms with Gasteiger partial charge in [0, 0.05) is 43.2 Å². The third-order valence-electron chi connectivity index (χ3n) is 9.16. The van der Waals surface area contributed by atoms with Crippen molar-refractivity contribution in [2.75, 3.05) is 26.2 Å². The number of aromatic nitrogens is 6. The number of aromatic amines is 1. The van der Waals surface area contributed by atoms with E-state index in [2.05, 4.69) is 40.8 Å². The number of halogens is 3. The molecule has 11 nitrogen and oxygen atoms in total. The highest BCUT2D eigenvalue weighted by atomic mass is 19.4. The molecule has 3 aromatic heterocycles. The Labute approximate surface area is 271 Å². The number of alkyl halides is 3. The Morgan fingerprint density at radius 1 is 1.04 bits per heavy atom. The summed E-state index contributed by atoms with van der Waals surface area (Å²) in [5.41, 5.74) is 1.76. The lowest BCUT2D eigenvalue weighted by molar-refractivity contribution is -0.182. The van der Waals surface area contributed by atoms with Crippen molar-refractivity contribution in [1.82, 2.24) is 45.5 Å². The third-order valence-corrected chi connectivity index (χ3v) is 9.16. The van der Waals surface area contributed by atoms with Crippen molar-refractivity contribution >= 4 is 5.91 Å². The van der Waals surface area contributed by atoms with Crippen molar-refractivity contribution in [1.29, 1.82) is 0 Å². The second-order valence-corrected chi connectivity index (χ2v) is 12.8. The number of amides is 1. The predicted molar refractivity (Wildman–Crippen MR) is 169 cm³/mol. The molecule has 250 valence electrons. The van der Waals surface area contributed by atoms with Crippen molar-refractivity contribution < 1.29 is 22.7 Å². The lowest BCUT2D eigenvalue weighted by Gasteiger charge is -2.39. The van der Waals surface area contributed by atoms with Crippen LogP contribution in [0.1, 0.15) is 67.1 Å². The van der Waals surface area contributed by atoms with E-state index in [4.69, 9.17) is 4.74 Å². The Hall–Kier alpha value is -4.30. The number of aryl methyl sites for hydroxylation is 1. The lowest BCUT2D eigenvalue weighted by atomic mass is 9.92. The topological polar surface area (TPSA) is 126 Å². The fourth-order valence-corrected chi connectivity index (χ4v) is 6.03. The van der Waals surface area contributed by atoms with Gasteiger partial charge < -0.3 is 20.3 Å². The van der Waals surface area contributed by atoms with Gasteiger partial charge in [0.05, 0.1) is 24.0 Å². The SMILES string of the molecule is Cc1cc(-c2ccc(OC3CCN(C4CCNCC4)CC3)nc2)ccc1-n1cc(C(=O)NCc2nc(C(C)(C)C(F)(F)F)n[nH]2)cn1. The van der Waals surface area contributed by atoms with Crippen LogP contribution in [0.5, 0.6) is 5.88 Å². The van der Waals surface area contributed by atoms with E-state index < -0.39 is 17.5 Å². The minimum absolute atomic E-state index is 0.117. The fraction of sp³-hybridized carbons (Fsp3) is 0.485. The maximum absolute atomic E-state index is 13.3. The first-order chi connectivity index (χ1) is 22.5. The van der Waals surface area contributed by atoms with Gasteiger partial charge in [-0.05, 0) is 88.9 Å². The molecule has 0 aliphatic carbocycles. The quantitative estimate of drug-likeness (QED) is 0.237. The van der Waals surface area contributed by atoms with Crippen LogP contribution in [0, 0.1) is 6.92 Å². The summed E-state index contributed by atoms with van der Waals surface area (Å²) in [6.45, 7) is 8.21. The average Bonchev–Trinajstić information content (AvgIpc) is 3.75. The van der Waals surface area contributed by atoms with Gasteiger partial charge in [-0.15, -0.1) is 0 Å². The maximum Gasteiger partial charge on any atom is 0.401 e. The summed E-state index contributed by atoms with van der Waals surface area (Å²) in [6, 6.07) is 10.6. The largest absolute Gasteiger partial charge is 0.474 e. The maximum atomic E-state index is 13.3. The van der Waals surface area contributed by atoms with Crippen molar-refractivity contribution in [2.45, 2.75) is 76.7 Å². The highest BCUT2D eigenvalue weighted by Crippen LogP contribution is 2.38. The molecule has 1 amide bonds. The highest BCUT2D eigenvalue weighted by Gasteiger charge is 2.51. The predicted octanol–water partition coefficient (Wildman–Crippen LogP) is 4.73. The van der Waals surface area contributed by atoms with E-state index in [1.165, 1.54) is 19.0 Å². The number of benzene rings is 1. The van der Waals surface area contributed by atoms with Crippen molar-refractivity contribution in [3.63, 3.8) is 0 Å². The van der Waals surface area contributed by atoms with Crippen LogP contribution in [0.4, 0.5) is 13.2 Å². The van der Waals surface area contributed by atoms with E-state index in [0.717, 1.165) is 75.2 Å². The Balaban J connectivity index is 1.02. The van der Waals surface area contributed by atoms with E-state index in [1.807, 2.05) is 43.5 Å². The number of nitrogens with zero attached hydrogens (tertiary/aromatic N) is 6. The van der Waals surface area contributed by atoms with Crippen LogP contribution in [0.25, 0.3) is 16.8 Å². The molecule has 0 atom stereocenters. The molecule has 14 heteroatoms. The van der Waals surface area contributed by atoms with Crippen LogP contribution in [-0.2, 0) is 12.0 Å². The molecule has 6 rings (SSSR count). The van der Waals surface area contributed by atoms with E-state index in [0.29, 0.717) is 17.5 Å². The van der Waals surface area contributed by atoms with Crippen molar-refractivity contribution in [3.05, 3.63) is 71.7 Å². The highest BCUT2D eigenvalue weighted by molar-refractivity contribution is 5.93. The molecule has 47 heavy (non-hydrogen) atoms. The zero-order chi connectivity index (χ0) is 33.2. The van der Waals surface area contributed by atoms with Crippen LogP contribution in [0.2, 0.25) is 0 Å². The number of nitrogens with one attached hydrogen (secondary N) is 3. The number of hydrogen-bond acceptors (Lipinski definition) is 8. The molecule has 0 spiro atoms. The number of hydrogen-bond donors (Lipinski definition) is 3. The smallest absolute Gasteiger partial charge is 0.401 e. The second-order valence-electron chi connectivity index (χ2n) is 12.8. The second kappa shape index (κ2) is 13.4. The number of H-pyrrole nitrogens is 1. The first-order valence-electron chi connectivity index (χ1n) is 16.0. The monoisotopic (exact) mass is 651 g/mol. The molecule has 3 N–H and O–H groups in total. The number of ether oxygens (including phenoxy) is 1. The summed E-state index contributed by atoms with van der Waals surface area (Å²) in [7, 11) is 0. The number of rotatable bonds is 9. The van der Waals surface area contributed by atoms with E-state index in [9.17, 15) is 18.0 Å². The normalized spacial score (nSPS) is 17.1. The van der Waals surface area contributed by atoms with Gasteiger partial charge in [-0.1, -0.05) is 6.07 Å². The lowest BCUT2D eigenvalue weighted by Crippen LogP contribution is -2.48. The van der Waals surface area contributed by atoms with Gasteiger partial charge in [0.1, 0.15) is 17.3 Å². The van der Waals surface area contributed by atoms with Gasteiger partial charge in [-0.25, -0.2) is 14.6 Å². The fourth-order valence-electron chi connectivity index (χ4n) is 6.03. The zero-order valence-electron chi connectivity index (χ0n) is 26.8. The van der Waals surface area contributed by atoms with Gasteiger partial charge in [0.25, 0.3) is 5.91 Å². The van der Waals surface area contributed by atoms with Crippen LogP contribution in [0.3, 0.4) is 0 Å². The van der Waals surface area contributed by atoms with Gasteiger partial charge in [0.2, 0.25) is 5.88 Å². The van der Waals surface area contributed by atoms with Gasteiger partial charge in [-0.2, -0.15) is 23.4 Å². The van der Waals surface area contributed by atoms with Gasteiger partial charge in [0.15, 0.2) is 5.82 Å². The van der Waals surface area contributed by atoms with E-state index in [-0.39, 0.29) is 24.3 Å². The van der Waals surface area contributed by atoms with E-state index >= 15 is 0 Å². The summed E-state index contributed by atoms with van der Waals surface area (Å²) < 4.78 is 47.7. The number of carbonyl (C=O) groups excluding carboxylic acids is 1. The molecule has 0 bridgehead atoms.